The summed E-state index contributed by atoms with van der Waals surface area (Å²) in [7, 11) is 3.73. The van der Waals surface area contributed by atoms with Gasteiger partial charge < -0.3 is 20.3 Å². The van der Waals surface area contributed by atoms with Crippen molar-refractivity contribution in [2.75, 3.05) is 33.8 Å². The summed E-state index contributed by atoms with van der Waals surface area (Å²) >= 11 is 0. The fourth-order valence-corrected chi connectivity index (χ4v) is 4.42. The minimum Gasteiger partial charge on any atom is -0.497 e. The van der Waals surface area contributed by atoms with E-state index in [1.54, 1.807) is 7.11 Å². The van der Waals surface area contributed by atoms with Crippen LogP contribution < -0.4 is 15.4 Å². The Kier molecular flexibility index (Phi) is 7.10. The van der Waals surface area contributed by atoms with Gasteiger partial charge >= 0.3 is 0 Å². The Morgan fingerprint density at radius 3 is 2.28 bits per heavy atom. The van der Waals surface area contributed by atoms with Crippen LogP contribution in [-0.4, -0.2) is 50.5 Å². The van der Waals surface area contributed by atoms with E-state index in [-0.39, 0.29) is 29.6 Å². The number of hydrogen-bond acceptors (Lipinski definition) is 4. The highest BCUT2D eigenvalue weighted by molar-refractivity contribution is 5.81. The van der Waals surface area contributed by atoms with Gasteiger partial charge in [-0.05, 0) is 55.1 Å². The van der Waals surface area contributed by atoms with Gasteiger partial charge in [-0.25, -0.2) is 0 Å². The Morgan fingerprint density at radius 2 is 1.62 bits per heavy atom. The molecule has 0 bridgehead atoms. The molecule has 2 aromatic carbocycles. The van der Waals surface area contributed by atoms with Crippen molar-refractivity contribution in [2.24, 2.45) is 11.8 Å². The molecule has 6 heteroatoms. The topological polar surface area (TPSA) is 70.7 Å². The lowest BCUT2D eigenvalue weighted by Crippen LogP contribution is -2.35. The van der Waals surface area contributed by atoms with Crippen LogP contribution in [0.15, 0.2) is 48.5 Å². The number of ether oxygens (including phenoxy) is 1. The number of rotatable bonds is 9. The van der Waals surface area contributed by atoms with Crippen LogP contribution in [0, 0.1) is 11.8 Å². The third-order valence-electron chi connectivity index (χ3n) is 6.53. The van der Waals surface area contributed by atoms with Gasteiger partial charge in [0, 0.05) is 38.0 Å². The van der Waals surface area contributed by atoms with E-state index >= 15 is 0 Å². The number of amides is 2. The third kappa shape index (κ3) is 5.68. The number of likely N-dealkylation sites (N-methyl/N-ethyl adjacent to an activating group) is 1. The lowest BCUT2D eigenvalue weighted by atomic mass is 9.88. The molecule has 2 fully saturated rings. The second kappa shape index (κ2) is 10.2. The molecule has 6 nitrogen and oxygen atoms in total. The maximum absolute atomic E-state index is 13.0. The van der Waals surface area contributed by atoms with Gasteiger partial charge in [-0.3, -0.25) is 9.59 Å². The summed E-state index contributed by atoms with van der Waals surface area (Å²) in [5, 5.41) is 6.15. The van der Waals surface area contributed by atoms with Gasteiger partial charge in [0.15, 0.2) is 0 Å². The fraction of sp³-hybridized carbons (Fsp3) is 0.462. The van der Waals surface area contributed by atoms with E-state index in [2.05, 4.69) is 46.8 Å². The van der Waals surface area contributed by atoms with E-state index in [0.717, 1.165) is 43.7 Å². The first-order chi connectivity index (χ1) is 15.5. The van der Waals surface area contributed by atoms with Crippen molar-refractivity contribution < 1.29 is 14.3 Å². The normalized spacial score (nSPS) is 20.7. The molecular weight excluding hydrogens is 402 g/mol. The predicted octanol–water partition coefficient (Wildman–Crippen LogP) is 2.73. The summed E-state index contributed by atoms with van der Waals surface area (Å²) in [6.07, 6.45) is 2.83. The van der Waals surface area contributed by atoms with Crippen molar-refractivity contribution in [1.82, 2.24) is 15.5 Å². The summed E-state index contributed by atoms with van der Waals surface area (Å²) in [4.78, 5) is 27.0. The molecule has 0 aromatic heterocycles. The first-order valence-electron chi connectivity index (χ1n) is 11.5. The molecule has 2 amide bonds. The fourth-order valence-electron chi connectivity index (χ4n) is 4.42. The van der Waals surface area contributed by atoms with Crippen LogP contribution in [0.1, 0.15) is 35.4 Å². The van der Waals surface area contributed by atoms with Crippen molar-refractivity contribution in [2.45, 2.75) is 31.7 Å². The Labute approximate surface area is 190 Å². The quantitative estimate of drug-likeness (QED) is 0.635. The smallest absolute Gasteiger partial charge is 0.225 e. The van der Waals surface area contributed by atoms with Crippen molar-refractivity contribution >= 4 is 11.8 Å². The Balaban J connectivity index is 1.30. The number of benzene rings is 2. The number of methoxy groups -OCH3 is 1. The standard InChI is InChI=1S/C26H33N3O3/c1-29-16-23(20-7-3-19(4-8-20)15-28-25(30)21-9-10-21)24(17-29)26(31)27-14-13-18-5-11-22(32-2)12-6-18/h3-8,11-12,21,23-24H,9-10,13-17H2,1-2H3,(H,27,31)(H,28,30). The monoisotopic (exact) mass is 435 g/mol. The Morgan fingerprint density at radius 1 is 0.938 bits per heavy atom. The van der Waals surface area contributed by atoms with Crippen molar-refractivity contribution in [1.29, 1.82) is 0 Å². The molecule has 2 unspecified atom stereocenters. The van der Waals surface area contributed by atoms with Gasteiger partial charge in [0.2, 0.25) is 11.8 Å². The summed E-state index contributed by atoms with van der Waals surface area (Å²) in [5.74, 6) is 1.47. The summed E-state index contributed by atoms with van der Waals surface area (Å²) < 4.78 is 5.19. The molecule has 2 aliphatic rings. The van der Waals surface area contributed by atoms with E-state index in [1.807, 2.05) is 24.3 Å². The highest BCUT2D eigenvalue weighted by Gasteiger charge is 2.36. The zero-order valence-corrected chi connectivity index (χ0v) is 19.0. The van der Waals surface area contributed by atoms with Gasteiger partial charge in [0.1, 0.15) is 5.75 Å². The van der Waals surface area contributed by atoms with Crippen LogP contribution in [0.4, 0.5) is 0 Å². The third-order valence-corrected chi connectivity index (χ3v) is 6.53. The zero-order chi connectivity index (χ0) is 22.5. The zero-order valence-electron chi connectivity index (χ0n) is 19.0. The maximum Gasteiger partial charge on any atom is 0.225 e. The number of nitrogens with zero attached hydrogens (tertiary/aromatic N) is 1. The molecule has 2 aromatic rings. The van der Waals surface area contributed by atoms with Gasteiger partial charge in [-0.1, -0.05) is 36.4 Å². The molecule has 2 atom stereocenters. The molecule has 0 radical (unpaired) electrons. The lowest BCUT2D eigenvalue weighted by molar-refractivity contribution is -0.125. The predicted molar refractivity (Wildman–Crippen MR) is 124 cm³/mol. The van der Waals surface area contributed by atoms with Crippen molar-refractivity contribution in [3.63, 3.8) is 0 Å². The second-order valence-electron chi connectivity index (χ2n) is 9.06. The molecule has 1 saturated heterocycles. The van der Waals surface area contributed by atoms with Crippen LogP contribution in [-0.2, 0) is 22.6 Å². The Bertz CT molecular complexity index is 922. The highest BCUT2D eigenvalue weighted by Crippen LogP contribution is 2.32. The first kappa shape index (κ1) is 22.3. The number of hydrogen-bond donors (Lipinski definition) is 2. The van der Waals surface area contributed by atoms with Gasteiger partial charge in [-0.15, -0.1) is 0 Å². The molecular formula is C26H33N3O3. The molecule has 1 aliphatic carbocycles. The highest BCUT2D eigenvalue weighted by atomic mass is 16.5. The molecule has 4 rings (SSSR count). The van der Waals surface area contributed by atoms with Crippen LogP contribution in [0.2, 0.25) is 0 Å². The van der Waals surface area contributed by atoms with E-state index in [0.29, 0.717) is 13.1 Å². The van der Waals surface area contributed by atoms with E-state index < -0.39 is 0 Å². The molecule has 0 spiro atoms. The van der Waals surface area contributed by atoms with Gasteiger partial charge in [0.05, 0.1) is 13.0 Å². The molecule has 1 heterocycles. The summed E-state index contributed by atoms with van der Waals surface area (Å²) in [6.45, 7) is 2.82. The van der Waals surface area contributed by atoms with Crippen molar-refractivity contribution in [3.05, 3.63) is 65.2 Å². The molecule has 1 saturated carbocycles. The van der Waals surface area contributed by atoms with Gasteiger partial charge in [0.25, 0.3) is 0 Å². The molecule has 32 heavy (non-hydrogen) atoms. The SMILES string of the molecule is COc1ccc(CCNC(=O)C2CN(C)CC2c2ccc(CNC(=O)C3CC3)cc2)cc1. The van der Waals surface area contributed by atoms with E-state index in [4.69, 9.17) is 4.74 Å². The Hall–Kier alpha value is -2.86. The minimum absolute atomic E-state index is 0.0590. The van der Waals surface area contributed by atoms with Crippen LogP contribution >= 0.6 is 0 Å². The number of likely N-dealkylation sites (tertiary alicyclic amines) is 1. The van der Waals surface area contributed by atoms with Crippen LogP contribution in [0.25, 0.3) is 0 Å². The largest absolute Gasteiger partial charge is 0.497 e. The van der Waals surface area contributed by atoms with E-state index in [9.17, 15) is 9.59 Å². The average Bonchev–Trinajstić information content (AvgIpc) is 3.59. The average molecular weight is 436 g/mol. The van der Waals surface area contributed by atoms with E-state index in [1.165, 1.54) is 11.1 Å². The van der Waals surface area contributed by atoms with Crippen LogP contribution in [0.3, 0.4) is 0 Å². The molecule has 2 N–H and O–H groups in total. The number of carbonyl (C=O) groups is 2. The first-order valence-corrected chi connectivity index (χ1v) is 11.5. The van der Waals surface area contributed by atoms with Crippen LogP contribution in [0.5, 0.6) is 5.75 Å². The number of nitrogens with one attached hydrogen (secondary N) is 2. The number of carbonyl (C=O) groups excluding carboxylic acids is 2. The molecule has 1 aliphatic heterocycles. The summed E-state index contributed by atoms with van der Waals surface area (Å²) in [5.41, 5.74) is 3.45. The summed E-state index contributed by atoms with van der Waals surface area (Å²) in [6, 6.07) is 16.3. The maximum atomic E-state index is 13.0. The van der Waals surface area contributed by atoms with Gasteiger partial charge in [-0.2, -0.15) is 0 Å². The lowest BCUT2D eigenvalue weighted by Gasteiger charge is -2.19. The molecule has 170 valence electrons. The second-order valence-corrected chi connectivity index (χ2v) is 9.06. The minimum atomic E-state index is -0.0590. The van der Waals surface area contributed by atoms with Crippen molar-refractivity contribution in [3.8, 4) is 5.75 Å².